The number of piperazine rings is 1. The number of rotatable bonds is 4. The highest BCUT2D eigenvalue weighted by atomic mass is 35.5. The molecule has 0 saturated carbocycles. The van der Waals surface area contributed by atoms with Crippen LogP contribution in [0.15, 0.2) is 23.7 Å². The Kier molecular flexibility index (Phi) is 4.82. The van der Waals surface area contributed by atoms with Crippen molar-refractivity contribution >= 4 is 51.4 Å². The van der Waals surface area contributed by atoms with E-state index in [1.165, 1.54) is 11.5 Å². The summed E-state index contributed by atoms with van der Waals surface area (Å²) >= 11 is 8.04. The minimum Gasteiger partial charge on any atom is -0.377 e. The lowest BCUT2D eigenvalue weighted by Gasteiger charge is -2.50. The van der Waals surface area contributed by atoms with Crippen LogP contribution in [0.25, 0.3) is 10.9 Å². The maximum atomic E-state index is 6.62. The molecule has 5 rings (SSSR count). The van der Waals surface area contributed by atoms with E-state index < -0.39 is 0 Å². The van der Waals surface area contributed by atoms with E-state index in [-0.39, 0.29) is 5.54 Å². The molecular formula is C20H23ClN6OS. The SMILES string of the molecule is Cc1nscc1Nc1ncc2cc(Cl)c(N3CCN(C4(C)COC4)CC3)cc2n1. The predicted octanol–water partition coefficient (Wildman–Crippen LogP) is 3.70. The van der Waals surface area contributed by atoms with Crippen LogP contribution in [-0.2, 0) is 4.74 Å². The first-order chi connectivity index (χ1) is 14.0. The molecule has 0 spiro atoms. The molecule has 4 heterocycles. The first kappa shape index (κ1) is 19.0. The molecule has 3 aromatic rings. The largest absolute Gasteiger partial charge is 0.377 e. The molecule has 2 fully saturated rings. The average Bonchev–Trinajstić information content (AvgIpc) is 3.10. The van der Waals surface area contributed by atoms with Crippen LogP contribution in [0.5, 0.6) is 0 Å². The zero-order valence-electron chi connectivity index (χ0n) is 16.5. The number of anilines is 3. The minimum absolute atomic E-state index is 0.196. The van der Waals surface area contributed by atoms with Gasteiger partial charge in [0.05, 0.1) is 46.4 Å². The molecule has 152 valence electrons. The number of nitrogens with zero attached hydrogens (tertiary/aromatic N) is 5. The minimum atomic E-state index is 0.196. The highest BCUT2D eigenvalue weighted by molar-refractivity contribution is 7.04. The fourth-order valence-corrected chi connectivity index (χ4v) is 4.88. The molecule has 2 aromatic heterocycles. The van der Waals surface area contributed by atoms with Gasteiger partial charge in [0.1, 0.15) is 0 Å². The third kappa shape index (κ3) is 3.54. The molecule has 9 heteroatoms. The van der Waals surface area contributed by atoms with E-state index in [0.29, 0.717) is 5.95 Å². The van der Waals surface area contributed by atoms with Gasteiger partial charge >= 0.3 is 0 Å². The van der Waals surface area contributed by atoms with E-state index in [0.717, 1.165) is 72.4 Å². The Balaban J connectivity index is 1.38. The normalized spacial score (nSPS) is 19.3. The summed E-state index contributed by atoms with van der Waals surface area (Å²) < 4.78 is 9.71. The Bertz CT molecular complexity index is 1040. The molecule has 0 unspecified atom stereocenters. The lowest BCUT2D eigenvalue weighted by atomic mass is 9.97. The Morgan fingerprint density at radius 3 is 2.66 bits per heavy atom. The van der Waals surface area contributed by atoms with Crippen molar-refractivity contribution in [1.29, 1.82) is 0 Å². The van der Waals surface area contributed by atoms with Crippen molar-refractivity contribution in [3.63, 3.8) is 0 Å². The quantitative estimate of drug-likeness (QED) is 0.676. The summed E-state index contributed by atoms with van der Waals surface area (Å²) in [7, 11) is 0. The summed E-state index contributed by atoms with van der Waals surface area (Å²) in [5.41, 5.74) is 3.99. The van der Waals surface area contributed by atoms with Crippen molar-refractivity contribution < 1.29 is 4.74 Å². The van der Waals surface area contributed by atoms with Crippen LogP contribution >= 0.6 is 23.1 Å². The third-order valence-corrected chi connectivity index (χ3v) is 6.88. The van der Waals surface area contributed by atoms with Crippen molar-refractivity contribution in [1.82, 2.24) is 19.2 Å². The van der Waals surface area contributed by atoms with Gasteiger partial charge in [-0.15, -0.1) is 0 Å². The summed E-state index contributed by atoms with van der Waals surface area (Å²) in [6.45, 7) is 9.81. The number of halogens is 1. The van der Waals surface area contributed by atoms with E-state index in [1.54, 1.807) is 0 Å². The number of nitrogens with one attached hydrogen (secondary N) is 1. The van der Waals surface area contributed by atoms with Crippen molar-refractivity contribution in [3.8, 4) is 0 Å². The van der Waals surface area contributed by atoms with Crippen molar-refractivity contribution in [2.45, 2.75) is 19.4 Å². The smallest absolute Gasteiger partial charge is 0.227 e. The molecule has 2 aliphatic heterocycles. The molecule has 0 radical (unpaired) electrons. The fourth-order valence-electron chi connectivity index (χ4n) is 3.94. The van der Waals surface area contributed by atoms with E-state index in [4.69, 9.17) is 21.3 Å². The van der Waals surface area contributed by atoms with Crippen LogP contribution in [0.2, 0.25) is 5.02 Å². The molecular weight excluding hydrogens is 408 g/mol. The number of benzene rings is 1. The molecule has 0 amide bonds. The Morgan fingerprint density at radius 2 is 2.00 bits per heavy atom. The van der Waals surface area contributed by atoms with Crippen LogP contribution in [-0.4, -0.2) is 64.2 Å². The topological polar surface area (TPSA) is 66.4 Å². The van der Waals surface area contributed by atoms with Gasteiger partial charge < -0.3 is 15.0 Å². The summed E-state index contributed by atoms with van der Waals surface area (Å²) in [6, 6.07) is 4.04. The van der Waals surface area contributed by atoms with Crippen LogP contribution < -0.4 is 10.2 Å². The van der Waals surface area contributed by atoms with Crippen LogP contribution in [0.3, 0.4) is 0 Å². The van der Waals surface area contributed by atoms with Crippen LogP contribution in [0, 0.1) is 6.92 Å². The van der Waals surface area contributed by atoms with Gasteiger partial charge in [-0.05, 0) is 37.5 Å². The Hall–Kier alpha value is -2.00. The number of fused-ring (bicyclic) bond motifs is 1. The molecule has 0 bridgehead atoms. The standard InChI is InChI=1S/C20H23ClN6OS/c1-13-17(10-29-25-13)24-19-22-9-14-7-15(21)18(8-16(14)23-19)26-3-5-27(6-4-26)20(2)11-28-12-20/h7-10H,3-6,11-12H2,1-2H3,(H,22,23,24). The summed E-state index contributed by atoms with van der Waals surface area (Å²) in [6.07, 6.45) is 1.81. The van der Waals surface area contributed by atoms with Gasteiger partial charge in [0.2, 0.25) is 5.95 Å². The second-order valence-corrected chi connectivity index (χ2v) is 8.99. The number of ether oxygens (including phenoxy) is 1. The highest BCUT2D eigenvalue weighted by Crippen LogP contribution is 2.33. The van der Waals surface area contributed by atoms with E-state index >= 15 is 0 Å². The molecule has 0 aliphatic carbocycles. The predicted molar refractivity (Wildman–Crippen MR) is 118 cm³/mol. The third-order valence-electron chi connectivity index (χ3n) is 5.85. The Labute approximate surface area is 178 Å². The first-order valence-corrected chi connectivity index (χ1v) is 11.0. The number of aromatic nitrogens is 3. The maximum absolute atomic E-state index is 6.62. The van der Waals surface area contributed by atoms with E-state index in [2.05, 4.69) is 37.5 Å². The molecule has 2 saturated heterocycles. The highest BCUT2D eigenvalue weighted by Gasteiger charge is 2.40. The lowest BCUT2D eigenvalue weighted by molar-refractivity contribution is -0.131. The van der Waals surface area contributed by atoms with Gasteiger partial charge in [-0.1, -0.05) is 11.6 Å². The molecule has 2 aliphatic rings. The second-order valence-electron chi connectivity index (χ2n) is 7.96. The monoisotopic (exact) mass is 430 g/mol. The first-order valence-electron chi connectivity index (χ1n) is 9.74. The molecule has 29 heavy (non-hydrogen) atoms. The average molecular weight is 431 g/mol. The van der Waals surface area contributed by atoms with Gasteiger partial charge in [0.25, 0.3) is 0 Å². The molecule has 7 nitrogen and oxygen atoms in total. The van der Waals surface area contributed by atoms with Crippen LogP contribution in [0.4, 0.5) is 17.3 Å². The number of hydrogen-bond acceptors (Lipinski definition) is 8. The maximum Gasteiger partial charge on any atom is 0.227 e. The lowest BCUT2D eigenvalue weighted by Crippen LogP contribution is -2.64. The van der Waals surface area contributed by atoms with Crippen molar-refractivity contribution in [3.05, 3.63) is 34.4 Å². The van der Waals surface area contributed by atoms with Gasteiger partial charge in [-0.25, -0.2) is 9.97 Å². The van der Waals surface area contributed by atoms with Gasteiger partial charge in [-0.2, -0.15) is 4.37 Å². The van der Waals surface area contributed by atoms with E-state index in [1.807, 2.05) is 24.6 Å². The van der Waals surface area contributed by atoms with Gasteiger partial charge in [0, 0.05) is 43.1 Å². The van der Waals surface area contributed by atoms with E-state index in [9.17, 15) is 0 Å². The van der Waals surface area contributed by atoms with Crippen molar-refractivity contribution in [2.24, 2.45) is 0 Å². The molecule has 0 atom stereocenters. The molecule has 1 N–H and O–H groups in total. The summed E-state index contributed by atoms with van der Waals surface area (Å²) in [4.78, 5) is 14.0. The zero-order valence-corrected chi connectivity index (χ0v) is 18.1. The van der Waals surface area contributed by atoms with Crippen molar-refractivity contribution in [2.75, 3.05) is 49.6 Å². The van der Waals surface area contributed by atoms with Gasteiger partial charge in [0.15, 0.2) is 0 Å². The van der Waals surface area contributed by atoms with Gasteiger partial charge in [-0.3, -0.25) is 4.90 Å². The zero-order chi connectivity index (χ0) is 20.0. The molecule has 1 aromatic carbocycles. The van der Waals surface area contributed by atoms with Crippen LogP contribution in [0.1, 0.15) is 12.6 Å². The fraction of sp³-hybridized carbons (Fsp3) is 0.450. The number of hydrogen-bond donors (Lipinski definition) is 1. The second kappa shape index (κ2) is 7.36. The summed E-state index contributed by atoms with van der Waals surface area (Å²) in [5.74, 6) is 0.566. The Morgan fingerprint density at radius 1 is 1.21 bits per heavy atom. The summed E-state index contributed by atoms with van der Waals surface area (Å²) in [5, 5.41) is 6.89. The number of aryl methyl sites for hydroxylation is 1.